The van der Waals surface area contributed by atoms with Gasteiger partial charge in [-0.05, 0) is 47.7 Å². The van der Waals surface area contributed by atoms with E-state index in [1.807, 2.05) is 6.92 Å². The van der Waals surface area contributed by atoms with Gasteiger partial charge < -0.3 is 15.9 Å². The SMILES string of the molecule is CC(Cc1ccc(C(=O)O)cc1)C(N)C(O)c1cccc(Cl)c1. The van der Waals surface area contributed by atoms with Gasteiger partial charge in [0.25, 0.3) is 0 Å². The molecule has 0 saturated carbocycles. The Morgan fingerprint density at radius 1 is 1.22 bits per heavy atom. The third-order valence-corrected chi connectivity index (χ3v) is 4.21. The Kier molecular flexibility index (Phi) is 5.77. The molecule has 2 rings (SSSR count). The van der Waals surface area contributed by atoms with Crippen LogP contribution in [0.5, 0.6) is 0 Å². The van der Waals surface area contributed by atoms with Gasteiger partial charge >= 0.3 is 5.97 Å². The normalized spacial score (nSPS) is 15.0. The summed E-state index contributed by atoms with van der Waals surface area (Å²) in [7, 11) is 0. The summed E-state index contributed by atoms with van der Waals surface area (Å²) in [5, 5.41) is 19.9. The monoisotopic (exact) mass is 333 g/mol. The number of carboxylic acids is 1. The fraction of sp³-hybridized carbons (Fsp3) is 0.278. The molecule has 0 spiro atoms. The van der Waals surface area contributed by atoms with E-state index in [4.69, 9.17) is 22.4 Å². The lowest BCUT2D eigenvalue weighted by Gasteiger charge is -2.25. The Hall–Kier alpha value is -1.88. The van der Waals surface area contributed by atoms with E-state index in [-0.39, 0.29) is 11.5 Å². The van der Waals surface area contributed by atoms with Crippen LogP contribution in [0, 0.1) is 5.92 Å². The first kappa shape index (κ1) is 17.5. The van der Waals surface area contributed by atoms with Crippen molar-refractivity contribution in [2.45, 2.75) is 25.5 Å². The molecule has 23 heavy (non-hydrogen) atoms. The minimum atomic E-state index is -0.947. The number of hydrogen-bond acceptors (Lipinski definition) is 3. The molecule has 0 bridgehead atoms. The van der Waals surface area contributed by atoms with Crippen LogP contribution in [0.2, 0.25) is 5.02 Å². The van der Waals surface area contributed by atoms with Gasteiger partial charge in [0.15, 0.2) is 0 Å². The molecule has 0 saturated heterocycles. The van der Waals surface area contributed by atoms with Gasteiger partial charge in [-0.2, -0.15) is 0 Å². The summed E-state index contributed by atoms with van der Waals surface area (Å²) in [5.41, 5.74) is 8.11. The summed E-state index contributed by atoms with van der Waals surface area (Å²) in [6, 6.07) is 13.3. The van der Waals surface area contributed by atoms with Crippen molar-refractivity contribution in [2.75, 3.05) is 0 Å². The highest BCUT2D eigenvalue weighted by Gasteiger charge is 2.23. The summed E-state index contributed by atoms with van der Waals surface area (Å²) in [5.74, 6) is -0.933. The molecule has 4 N–H and O–H groups in total. The predicted molar refractivity (Wildman–Crippen MR) is 90.7 cm³/mol. The van der Waals surface area contributed by atoms with Crippen molar-refractivity contribution in [2.24, 2.45) is 11.7 Å². The molecule has 0 radical (unpaired) electrons. The molecule has 5 heteroatoms. The van der Waals surface area contributed by atoms with E-state index in [2.05, 4.69) is 0 Å². The lowest BCUT2D eigenvalue weighted by molar-refractivity contribution is 0.0697. The van der Waals surface area contributed by atoms with Crippen LogP contribution in [0.1, 0.15) is 34.5 Å². The number of hydrogen-bond donors (Lipinski definition) is 3. The lowest BCUT2D eigenvalue weighted by atomic mass is 9.88. The number of nitrogens with two attached hydrogens (primary N) is 1. The first-order valence-corrected chi connectivity index (χ1v) is 7.77. The zero-order valence-corrected chi connectivity index (χ0v) is 13.6. The molecule has 0 aromatic heterocycles. The summed E-state index contributed by atoms with van der Waals surface area (Å²) in [6.07, 6.45) is -0.152. The van der Waals surface area contributed by atoms with Gasteiger partial charge in [-0.25, -0.2) is 4.79 Å². The molecular formula is C18H20ClNO3. The van der Waals surface area contributed by atoms with E-state index in [1.54, 1.807) is 48.5 Å². The van der Waals surface area contributed by atoms with Crippen molar-refractivity contribution in [3.8, 4) is 0 Å². The summed E-state index contributed by atoms with van der Waals surface area (Å²) in [6.45, 7) is 1.96. The standard InChI is InChI=1S/C18H20ClNO3/c1-11(9-12-5-7-13(8-6-12)18(22)23)16(20)17(21)14-3-2-4-15(19)10-14/h2-8,10-11,16-17,21H,9,20H2,1H3,(H,22,23). The molecule has 0 aliphatic heterocycles. The van der Waals surface area contributed by atoms with E-state index in [0.717, 1.165) is 5.56 Å². The van der Waals surface area contributed by atoms with Gasteiger partial charge in [-0.3, -0.25) is 0 Å². The molecule has 4 nitrogen and oxygen atoms in total. The van der Waals surface area contributed by atoms with Crippen molar-refractivity contribution < 1.29 is 15.0 Å². The van der Waals surface area contributed by atoms with Crippen LogP contribution >= 0.6 is 11.6 Å². The minimum Gasteiger partial charge on any atom is -0.478 e. The van der Waals surface area contributed by atoms with Crippen LogP contribution in [-0.4, -0.2) is 22.2 Å². The average Bonchev–Trinajstić information content (AvgIpc) is 2.54. The molecule has 2 aromatic rings. The maximum Gasteiger partial charge on any atom is 0.335 e. The van der Waals surface area contributed by atoms with Crippen LogP contribution in [0.3, 0.4) is 0 Å². The van der Waals surface area contributed by atoms with Gasteiger partial charge in [0.1, 0.15) is 0 Å². The Balaban J connectivity index is 2.04. The first-order chi connectivity index (χ1) is 10.9. The van der Waals surface area contributed by atoms with Crippen LogP contribution in [0.4, 0.5) is 0 Å². The van der Waals surface area contributed by atoms with E-state index in [0.29, 0.717) is 17.0 Å². The Labute approximate surface area is 140 Å². The van der Waals surface area contributed by atoms with Crippen molar-refractivity contribution in [1.82, 2.24) is 0 Å². The number of aromatic carboxylic acids is 1. The highest BCUT2D eigenvalue weighted by molar-refractivity contribution is 6.30. The van der Waals surface area contributed by atoms with Crippen LogP contribution < -0.4 is 5.73 Å². The van der Waals surface area contributed by atoms with Gasteiger partial charge in [0, 0.05) is 11.1 Å². The number of carbonyl (C=O) groups is 1. The fourth-order valence-electron chi connectivity index (χ4n) is 2.52. The molecule has 122 valence electrons. The van der Waals surface area contributed by atoms with Gasteiger partial charge in [-0.1, -0.05) is 42.8 Å². The first-order valence-electron chi connectivity index (χ1n) is 7.40. The predicted octanol–water partition coefficient (Wildman–Crippen LogP) is 3.28. The molecule has 0 heterocycles. The van der Waals surface area contributed by atoms with Crippen molar-refractivity contribution in [3.05, 3.63) is 70.2 Å². The second-order valence-electron chi connectivity index (χ2n) is 5.76. The van der Waals surface area contributed by atoms with Crippen molar-refractivity contribution in [3.63, 3.8) is 0 Å². The van der Waals surface area contributed by atoms with E-state index >= 15 is 0 Å². The van der Waals surface area contributed by atoms with Gasteiger partial charge in [0.2, 0.25) is 0 Å². The lowest BCUT2D eigenvalue weighted by Crippen LogP contribution is -2.36. The van der Waals surface area contributed by atoms with Crippen molar-refractivity contribution >= 4 is 17.6 Å². The van der Waals surface area contributed by atoms with Crippen LogP contribution in [0.15, 0.2) is 48.5 Å². The maximum atomic E-state index is 10.9. The third-order valence-electron chi connectivity index (χ3n) is 3.97. The highest BCUT2D eigenvalue weighted by atomic mass is 35.5. The minimum absolute atomic E-state index is 0.0136. The van der Waals surface area contributed by atoms with Gasteiger partial charge in [0.05, 0.1) is 11.7 Å². The molecule has 0 fully saturated rings. The van der Waals surface area contributed by atoms with Crippen LogP contribution in [-0.2, 0) is 6.42 Å². The number of benzene rings is 2. The van der Waals surface area contributed by atoms with Crippen molar-refractivity contribution in [1.29, 1.82) is 0 Å². The molecule has 3 atom stereocenters. The third kappa shape index (κ3) is 4.55. The van der Waals surface area contributed by atoms with E-state index in [9.17, 15) is 9.90 Å². The van der Waals surface area contributed by atoms with Crippen LogP contribution in [0.25, 0.3) is 0 Å². The summed E-state index contributed by atoms with van der Waals surface area (Å²) >= 11 is 5.94. The molecule has 0 aliphatic carbocycles. The second kappa shape index (κ2) is 7.59. The zero-order chi connectivity index (χ0) is 17.0. The quantitative estimate of drug-likeness (QED) is 0.757. The zero-order valence-electron chi connectivity index (χ0n) is 12.8. The summed E-state index contributed by atoms with van der Waals surface area (Å²) < 4.78 is 0. The number of carboxylic acid groups (broad SMARTS) is 1. The summed E-state index contributed by atoms with van der Waals surface area (Å²) in [4.78, 5) is 10.9. The molecule has 0 amide bonds. The average molecular weight is 334 g/mol. The largest absolute Gasteiger partial charge is 0.478 e. The number of halogens is 1. The van der Waals surface area contributed by atoms with Gasteiger partial charge in [-0.15, -0.1) is 0 Å². The Morgan fingerprint density at radius 2 is 1.87 bits per heavy atom. The number of aliphatic hydroxyl groups is 1. The number of rotatable bonds is 6. The topological polar surface area (TPSA) is 83.5 Å². The molecule has 0 aliphatic rings. The molecule has 3 unspecified atom stereocenters. The van der Waals surface area contributed by atoms with E-state index < -0.39 is 18.1 Å². The Morgan fingerprint density at radius 3 is 2.43 bits per heavy atom. The molecule has 2 aromatic carbocycles. The Bertz CT molecular complexity index is 672. The number of aliphatic hydroxyl groups excluding tert-OH is 1. The molecular weight excluding hydrogens is 314 g/mol. The fourth-order valence-corrected chi connectivity index (χ4v) is 2.71. The smallest absolute Gasteiger partial charge is 0.335 e. The van der Waals surface area contributed by atoms with E-state index in [1.165, 1.54) is 0 Å². The maximum absolute atomic E-state index is 10.9. The highest BCUT2D eigenvalue weighted by Crippen LogP contribution is 2.25. The second-order valence-corrected chi connectivity index (χ2v) is 6.20.